The Kier molecular flexibility index (Phi) is 2.06. The van der Waals surface area contributed by atoms with E-state index in [1.807, 2.05) is 11.0 Å². The Labute approximate surface area is 95.1 Å². The third kappa shape index (κ3) is 1.62. The maximum Gasteiger partial charge on any atom is 0.113 e. The summed E-state index contributed by atoms with van der Waals surface area (Å²) in [5, 5.41) is 8.83. The highest BCUT2D eigenvalue weighted by Gasteiger charge is 2.25. The highest BCUT2D eigenvalue weighted by atomic mass is 15.5. The van der Waals surface area contributed by atoms with E-state index in [0.717, 1.165) is 11.3 Å². The second-order valence-electron chi connectivity index (χ2n) is 4.58. The van der Waals surface area contributed by atoms with Crippen molar-refractivity contribution in [3.05, 3.63) is 35.5 Å². The Bertz CT molecular complexity index is 524. The van der Waals surface area contributed by atoms with Crippen LogP contribution < -0.4 is 0 Å². The summed E-state index contributed by atoms with van der Waals surface area (Å²) in [4.78, 5) is 1.85. The molecule has 0 spiro atoms. The standard InChI is InChI=1S/C13H15N3/c1-9-3-4-11(7-10(9)2)13-8-14-16(15-13)12-5-6-12/h3-4,7-8,12H,5-6H2,1-2H3. The van der Waals surface area contributed by atoms with Gasteiger partial charge in [-0.3, -0.25) is 0 Å². The number of hydrogen-bond acceptors (Lipinski definition) is 2. The van der Waals surface area contributed by atoms with Crippen LogP contribution in [0.15, 0.2) is 24.4 Å². The Hall–Kier alpha value is -1.64. The van der Waals surface area contributed by atoms with Crippen LogP contribution in [0, 0.1) is 13.8 Å². The van der Waals surface area contributed by atoms with Gasteiger partial charge in [0.1, 0.15) is 5.69 Å². The number of rotatable bonds is 2. The van der Waals surface area contributed by atoms with Crippen LogP contribution in [0.2, 0.25) is 0 Å². The van der Waals surface area contributed by atoms with E-state index >= 15 is 0 Å². The van der Waals surface area contributed by atoms with Gasteiger partial charge in [-0.05, 0) is 43.9 Å². The molecule has 3 rings (SSSR count). The molecule has 0 N–H and O–H groups in total. The van der Waals surface area contributed by atoms with Gasteiger partial charge in [-0.15, -0.1) is 0 Å². The molecule has 0 amide bonds. The lowest BCUT2D eigenvalue weighted by Crippen LogP contribution is -1.98. The molecule has 1 aromatic heterocycles. The van der Waals surface area contributed by atoms with E-state index in [1.54, 1.807) is 0 Å². The van der Waals surface area contributed by atoms with Crippen LogP contribution in [0.1, 0.15) is 30.0 Å². The van der Waals surface area contributed by atoms with Gasteiger partial charge in [-0.25, -0.2) is 0 Å². The molecular weight excluding hydrogens is 198 g/mol. The van der Waals surface area contributed by atoms with Crippen LogP contribution in [-0.4, -0.2) is 15.0 Å². The molecule has 1 fully saturated rings. The van der Waals surface area contributed by atoms with Gasteiger partial charge in [0.2, 0.25) is 0 Å². The molecule has 0 saturated heterocycles. The zero-order valence-corrected chi connectivity index (χ0v) is 9.64. The van der Waals surface area contributed by atoms with E-state index in [9.17, 15) is 0 Å². The fraction of sp³-hybridized carbons (Fsp3) is 0.385. The van der Waals surface area contributed by atoms with Gasteiger partial charge >= 0.3 is 0 Å². The molecule has 3 nitrogen and oxygen atoms in total. The Morgan fingerprint density at radius 2 is 2.00 bits per heavy atom. The molecule has 82 valence electrons. The van der Waals surface area contributed by atoms with Crippen LogP contribution >= 0.6 is 0 Å². The number of benzene rings is 1. The van der Waals surface area contributed by atoms with Crippen molar-refractivity contribution in [2.45, 2.75) is 32.7 Å². The minimum atomic E-state index is 0.556. The molecule has 0 aliphatic heterocycles. The van der Waals surface area contributed by atoms with Gasteiger partial charge in [0, 0.05) is 5.56 Å². The summed E-state index contributed by atoms with van der Waals surface area (Å²) in [6.07, 6.45) is 4.31. The molecule has 1 aromatic carbocycles. The van der Waals surface area contributed by atoms with Gasteiger partial charge in [-0.2, -0.15) is 15.0 Å². The summed E-state index contributed by atoms with van der Waals surface area (Å²) in [5.41, 5.74) is 4.77. The zero-order chi connectivity index (χ0) is 11.1. The number of aryl methyl sites for hydroxylation is 2. The average molecular weight is 213 g/mol. The predicted molar refractivity (Wildman–Crippen MR) is 63.2 cm³/mol. The summed E-state index contributed by atoms with van der Waals surface area (Å²) in [6.45, 7) is 4.25. The monoisotopic (exact) mass is 213 g/mol. The van der Waals surface area contributed by atoms with Crippen molar-refractivity contribution in [1.29, 1.82) is 0 Å². The summed E-state index contributed by atoms with van der Waals surface area (Å²) < 4.78 is 0. The maximum absolute atomic E-state index is 4.52. The number of hydrogen-bond donors (Lipinski definition) is 0. The van der Waals surface area contributed by atoms with Crippen molar-refractivity contribution in [1.82, 2.24) is 15.0 Å². The van der Waals surface area contributed by atoms with Gasteiger partial charge in [-0.1, -0.05) is 12.1 Å². The highest BCUT2D eigenvalue weighted by molar-refractivity contribution is 5.59. The summed E-state index contributed by atoms with van der Waals surface area (Å²) in [6, 6.07) is 6.99. The first kappa shape index (κ1) is 9.58. The Balaban J connectivity index is 1.97. The average Bonchev–Trinajstić information content (AvgIpc) is 3.01. The van der Waals surface area contributed by atoms with Gasteiger partial charge in [0.15, 0.2) is 0 Å². The van der Waals surface area contributed by atoms with Crippen molar-refractivity contribution in [2.75, 3.05) is 0 Å². The molecule has 16 heavy (non-hydrogen) atoms. The molecule has 1 saturated carbocycles. The third-order valence-corrected chi connectivity index (χ3v) is 3.18. The van der Waals surface area contributed by atoms with Crippen LogP contribution in [-0.2, 0) is 0 Å². The fourth-order valence-electron chi connectivity index (χ4n) is 1.79. The smallest absolute Gasteiger partial charge is 0.113 e. The SMILES string of the molecule is Cc1ccc(-c2cnn(C3CC3)n2)cc1C. The maximum atomic E-state index is 4.52. The second kappa shape index (κ2) is 3.44. The molecule has 0 bridgehead atoms. The van der Waals surface area contributed by atoms with E-state index < -0.39 is 0 Å². The quantitative estimate of drug-likeness (QED) is 0.768. The van der Waals surface area contributed by atoms with Crippen LogP contribution in [0.3, 0.4) is 0 Å². The normalized spacial score (nSPS) is 15.4. The van der Waals surface area contributed by atoms with E-state index in [0.29, 0.717) is 6.04 Å². The molecule has 0 radical (unpaired) electrons. The zero-order valence-electron chi connectivity index (χ0n) is 9.64. The molecule has 1 aliphatic rings. The van der Waals surface area contributed by atoms with Crippen LogP contribution in [0.25, 0.3) is 11.3 Å². The molecule has 2 aromatic rings. The van der Waals surface area contributed by atoms with E-state index in [-0.39, 0.29) is 0 Å². The predicted octanol–water partition coefficient (Wildman–Crippen LogP) is 2.90. The minimum absolute atomic E-state index is 0.556. The first-order chi connectivity index (χ1) is 7.74. The van der Waals surface area contributed by atoms with Crippen LogP contribution in [0.4, 0.5) is 0 Å². The molecule has 3 heteroatoms. The molecule has 1 heterocycles. The summed E-state index contributed by atoms with van der Waals surface area (Å²) >= 11 is 0. The first-order valence-corrected chi connectivity index (χ1v) is 5.73. The highest BCUT2D eigenvalue weighted by Crippen LogP contribution is 2.33. The Morgan fingerprint density at radius 1 is 1.19 bits per heavy atom. The fourth-order valence-corrected chi connectivity index (χ4v) is 1.79. The van der Waals surface area contributed by atoms with E-state index in [1.165, 1.54) is 24.0 Å². The largest absolute Gasteiger partial charge is 0.181 e. The van der Waals surface area contributed by atoms with Gasteiger partial charge < -0.3 is 0 Å². The van der Waals surface area contributed by atoms with Crippen molar-refractivity contribution in [3.63, 3.8) is 0 Å². The third-order valence-electron chi connectivity index (χ3n) is 3.18. The lowest BCUT2D eigenvalue weighted by atomic mass is 10.1. The van der Waals surface area contributed by atoms with Crippen molar-refractivity contribution < 1.29 is 0 Å². The van der Waals surface area contributed by atoms with Gasteiger partial charge in [0.25, 0.3) is 0 Å². The first-order valence-electron chi connectivity index (χ1n) is 5.73. The van der Waals surface area contributed by atoms with E-state index in [4.69, 9.17) is 0 Å². The number of nitrogens with zero attached hydrogens (tertiary/aromatic N) is 3. The molecular formula is C13H15N3. The van der Waals surface area contributed by atoms with Gasteiger partial charge in [0.05, 0.1) is 12.2 Å². The summed E-state index contributed by atoms with van der Waals surface area (Å²) in [5.74, 6) is 0. The molecule has 0 unspecified atom stereocenters. The van der Waals surface area contributed by atoms with Crippen molar-refractivity contribution >= 4 is 0 Å². The number of aromatic nitrogens is 3. The van der Waals surface area contributed by atoms with Crippen molar-refractivity contribution in [3.8, 4) is 11.3 Å². The topological polar surface area (TPSA) is 30.7 Å². The molecule has 1 aliphatic carbocycles. The molecule has 0 atom stereocenters. The lowest BCUT2D eigenvalue weighted by molar-refractivity contribution is 0.555. The lowest BCUT2D eigenvalue weighted by Gasteiger charge is -2.01. The van der Waals surface area contributed by atoms with Crippen molar-refractivity contribution in [2.24, 2.45) is 0 Å². The second-order valence-corrected chi connectivity index (χ2v) is 4.58. The Morgan fingerprint density at radius 3 is 2.69 bits per heavy atom. The summed E-state index contributed by atoms with van der Waals surface area (Å²) in [7, 11) is 0. The minimum Gasteiger partial charge on any atom is -0.181 e. The van der Waals surface area contributed by atoms with E-state index in [2.05, 4.69) is 42.2 Å². The van der Waals surface area contributed by atoms with Crippen LogP contribution in [0.5, 0.6) is 0 Å².